The molecule has 1 rings (SSSR count). The van der Waals surface area contributed by atoms with Crippen molar-refractivity contribution in [2.24, 2.45) is 0 Å². The average molecular weight is 171 g/mol. The topological polar surface area (TPSA) is 44.0 Å². The number of hydrogen-bond donors (Lipinski definition) is 0. The van der Waals surface area contributed by atoms with E-state index in [0.29, 0.717) is 10.7 Å². The lowest BCUT2D eigenvalue weighted by Crippen LogP contribution is -2.32. The van der Waals surface area contributed by atoms with Gasteiger partial charge in [-0.25, -0.2) is 0 Å². The highest BCUT2D eigenvalue weighted by atomic mass is 32.1. The van der Waals surface area contributed by atoms with Gasteiger partial charge in [-0.05, 0) is 6.92 Å². The molecule has 0 unspecified atom stereocenters. The highest BCUT2D eigenvalue weighted by Crippen LogP contribution is 2.06. The van der Waals surface area contributed by atoms with E-state index in [-0.39, 0.29) is 12.2 Å². The number of rotatable bonds is 2. The van der Waals surface area contributed by atoms with E-state index in [2.05, 4.69) is 0 Å². The summed E-state index contributed by atoms with van der Waals surface area (Å²) < 4.78 is 0.812. The third kappa shape index (κ3) is 1.77. The second kappa shape index (κ2) is 3.00. The van der Waals surface area contributed by atoms with Crippen LogP contribution in [0.1, 0.15) is 17.6 Å². The van der Waals surface area contributed by atoms with E-state index in [1.165, 1.54) is 18.3 Å². The van der Waals surface area contributed by atoms with E-state index >= 15 is 0 Å². The molecule has 0 saturated heterocycles. The number of carbonyl (C=O) groups excluding carboxylic acids is 1. The van der Waals surface area contributed by atoms with Crippen LogP contribution in [0.3, 0.4) is 0 Å². The zero-order valence-electron chi connectivity index (χ0n) is 6.46. The van der Waals surface area contributed by atoms with Crippen molar-refractivity contribution in [2.45, 2.75) is 20.3 Å². The maximum absolute atomic E-state index is 11.1. The van der Waals surface area contributed by atoms with E-state index in [4.69, 9.17) is 0 Å². The van der Waals surface area contributed by atoms with Crippen LogP contribution in [-0.2, 0) is 11.2 Å². The van der Waals surface area contributed by atoms with E-state index < -0.39 is 0 Å². The Bertz CT molecular complexity index is 280. The molecule has 0 radical (unpaired) electrons. The lowest BCUT2D eigenvalue weighted by atomic mass is 10.3. The molecule has 0 atom stereocenters. The van der Waals surface area contributed by atoms with E-state index in [0.717, 1.165) is 4.73 Å². The Morgan fingerprint density at radius 3 is 2.82 bits per heavy atom. The fourth-order valence-electron chi connectivity index (χ4n) is 0.772. The van der Waals surface area contributed by atoms with Crippen molar-refractivity contribution >= 4 is 17.1 Å². The number of Topliss-reactive ketones (excluding diaryl/α,β-unsaturated/α-hetero) is 1. The summed E-state index contributed by atoms with van der Waals surface area (Å²) in [6, 6.07) is 0. The molecule has 0 spiro atoms. The summed E-state index contributed by atoms with van der Waals surface area (Å²) in [5, 5.41) is 13.4. The zero-order valence-corrected chi connectivity index (χ0v) is 7.27. The molecule has 0 bridgehead atoms. The van der Waals surface area contributed by atoms with Gasteiger partial charge in [0.25, 0.3) is 5.01 Å². The fourth-order valence-corrected chi connectivity index (χ4v) is 1.70. The van der Waals surface area contributed by atoms with Gasteiger partial charge in [0.15, 0.2) is 0 Å². The molecule has 1 aromatic rings. The summed E-state index contributed by atoms with van der Waals surface area (Å²) in [5.74, 6) is 0.0245. The Hall–Kier alpha value is -0.900. The molecule has 0 aromatic carbocycles. The van der Waals surface area contributed by atoms with Crippen LogP contribution >= 0.6 is 11.3 Å². The largest absolute Gasteiger partial charge is 0.618 e. The first-order valence-electron chi connectivity index (χ1n) is 3.27. The Balaban J connectivity index is 2.87. The van der Waals surface area contributed by atoms with Crippen molar-refractivity contribution in [1.29, 1.82) is 0 Å². The van der Waals surface area contributed by atoms with E-state index in [1.54, 1.807) is 12.3 Å². The summed E-state index contributed by atoms with van der Waals surface area (Å²) in [7, 11) is 0. The van der Waals surface area contributed by atoms with E-state index in [1.807, 2.05) is 0 Å². The molecule has 1 heterocycles. The van der Waals surface area contributed by atoms with Gasteiger partial charge in [0.05, 0.1) is 5.38 Å². The second-order valence-corrected chi connectivity index (χ2v) is 3.39. The van der Waals surface area contributed by atoms with Crippen molar-refractivity contribution in [3.05, 3.63) is 21.3 Å². The van der Waals surface area contributed by atoms with Crippen molar-refractivity contribution in [3.63, 3.8) is 0 Å². The molecule has 11 heavy (non-hydrogen) atoms. The minimum atomic E-state index is 0.0245. The smallest absolute Gasteiger partial charge is 0.256 e. The molecule has 0 fully saturated rings. The summed E-state index contributed by atoms with van der Waals surface area (Å²) in [4.78, 5) is 10.6. The molecule has 0 aliphatic heterocycles. The third-order valence-electron chi connectivity index (χ3n) is 1.31. The lowest BCUT2D eigenvalue weighted by Gasteiger charge is -1.95. The lowest BCUT2D eigenvalue weighted by molar-refractivity contribution is -0.614. The monoisotopic (exact) mass is 171 g/mol. The Morgan fingerprint density at radius 2 is 2.45 bits per heavy atom. The van der Waals surface area contributed by atoms with Crippen LogP contribution in [0, 0.1) is 12.1 Å². The number of nitrogens with zero attached hydrogens (tertiary/aromatic N) is 1. The summed E-state index contributed by atoms with van der Waals surface area (Å²) in [6.07, 6.45) is 0.252. The van der Waals surface area contributed by atoms with Crippen LogP contribution in [-0.4, -0.2) is 5.78 Å². The fraction of sp³-hybridized carbons (Fsp3) is 0.429. The molecular formula is C7H9NO2S. The molecule has 4 heteroatoms. The number of aromatic nitrogens is 1. The maximum atomic E-state index is 11.1. The van der Waals surface area contributed by atoms with Crippen LogP contribution in [0.4, 0.5) is 0 Å². The third-order valence-corrected chi connectivity index (χ3v) is 2.35. The number of hydrogen-bond acceptors (Lipinski definition) is 3. The van der Waals surface area contributed by atoms with Crippen LogP contribution in [0.15, 0.2) is 5.38 Å². The predicted molar refractivity (Wildman–Crippen MR) is 42.4 cm³/mol. The Morgan fingerprint density at radius 1 is 1.82 bits per heavy atom. The van der Waals surface area contributed by atoms with Gasteiger partial charge in [0.2, 0.25) is 5.69 Å². The van der Waals surface area contributed by atoms with Crippen molar-refractivity contribution in [2.75, 3.05) is 0 Å². The quantitative estimate of drug-likeness (QED) is 0.488. The van der Waals surface area contributed by atoms with Crippen molar-refractivity contribution in [3.8, 4) is 0 Å². The van der Waals surface area contributed by atoms with Crippen LogP contribution < -0.4 is 4.73 Å². The van der Waals surface area contributed by atoms with E-state index in [9.17, 15) is 10.0 Å². The number of carbonyl (C=O) groups is 1. The van der Waals surface area contributed by atoms with Gasteiger partial charge >= 0.3 is 0 Å². The molecule has 3 nitrogen and oxygen atoms in total. The highest BCUT2D eigenvalue weighted by molar-refractivity contribution is 7.09. The van der Waals surface area contributed by atoms with Gasteiger partial charge in [-0.2, -0.15) is 4.73 Å². The maximum Gasteiger partial charge on any atom is 0.256 e. The van der Waals surface area contributed by atoms with Gasteiger partial charge in [-0.3, -0.25) is 4.79 Å². The molecule has 0 saturated carbocycles. The first-order valence-corrected chi connectivity index (χ1v) is 4.15. The van der Waals surface area contributed by atoms with Gasteiger partial charge in [-0.15, -0.1) is 0 Å². The highest BCUT2D eigenvalue weighted by Gasteiger charge is 2.12. The van der Waals surface area contributed by atoms with Crippen molar-refractivity contribution < 1.29 is 9.52 Å². The van der Waals surface area contributed by atoms with Crippen molar-refractivity contribution in [1.82, 2.24) is 0 Å². The van der Waals surface area contributed by atoms with Gasteiger partial charge in [0.1, 0.15) is 12.2 Å². The molecule has 0 N–H and O–H groups in total. The second-order valence-electron chi connectivity index (χ2n) is 2.44. The normalized spacial score (nSPS) is 10.0. The predicted octanol–water partition coefficient (Wildman–Crippen LogP) is 0.821. The summed E-state index contributed by atoms with van der Waals surface area (Å²) >= 11 is 1.33. The molecule has 0 amide bonds. The minimum absolute atomic E-state index is 0.0245. The standard InChI is InChI=1S/C7H9NO2S/c1-5-4-11-7(8(5)10)3-6(2)9/h4H,3H2,1-2H3. The Kier molecular flexibility index (Phi) is 2.24. The van der Waals surface area contributed by atoms with Gasteiger partial charge in [-0.1, -0.05) is 11.3 Å². The number of thiazole rings is 1. The first-order chi connectivity index (χ1) is 5.11. The molecule has 1 aromatic heterocycles. The molecule has 0 aliphatic carbocycles. The number of aryl methyl sites for hydroxylation is 1. The number of ketones is 1. The van der Waals surface area contributed by atoms with Crippen LogP contribution in [0.5, 0.6) is 0 Å². The van der Waals surface area contributed by atoms with Crippen LogP contribution in [0.2, 0.25) is 0 Å². The summed E-state index contributed by atoms with van der Waals surface area (Å²) in [6.45, 7) is 3.21. The van der Waals surface area contributed by atoms with Gasteiger partial charge < -0.3 is 5.21 Å². The molecular weight excluding hydrogens is 162 g/mol. The summed E-state index contributed by atoms with van der Waals surface area (Å²) in [5.41, 5.74) is 0.659. The molecule has 60 valence electrons. The van der Waals surface area contributed by atoms with Crippen LogP contribution in [0.25, 0.3) is 0 Å². The Labute approximate surface area is 68.9 Å². The minimum Gasteiger partial charge on any atom is -0.618 e. The molecule has 0 aliphatic rings. The van der Waals surface area contributed by atoms with Gasteiger partial charge in [0, 0.05) is 6.92 Å². The first kappa shape index (κ1) is 8.20. The SMILES string of the molecule is CC(=O)Cc1scc(C)[n+]1[O-]. The average Bonchev–Trinajstić information content (AvgIpc) is 2.18. The zero-order chi connectivity index (χ0) is 8.43.